The fourth-order valence-corrected chi connectivity index (χ4v) is 23.2. The molecule has 678 valence electrons. The van der Waals surface area contributed by atoms with Gasteiger partial charge < -0.3 is 0 Å². The molecule has 4 aliphatic rings. The Kier molecular flexibility index (Phi) is 21.6. The van der Waals surface area contributed by atoms with E-state index in [4.69, 9.17) is 8.22 Å². The Hall–Kier alpha value is -13.0. The molecule has 0 unspecified atom stereocenters. The molecule has 16 aromatic rings. The summed E-state index contributed by atoms with van der Waals surface area (Å²) >= 11 is 0. The lowest BCUT2D eigenvalue weighted by Crippen LogP contribution is -2.44. The Morgan fingerprint density at radius 1 is 0.230 bits per heavy atom. The van der Waals surface area contributed by atoms with Crippen molar-refractivity contribution in [1.29, 1.82) is 0 Å². The summed E-state index contributed by atoms with van der Waals surface area (Å²) in [4.78, 5) is 0. The van der Waals surface area contributed by atoms with E-state index in [0.29, 0.717) is 5.56 Å². The summed E-state index contributed by atoms with van der Waals surface area (Å²) in [6.07, 6.45) is 8.08. The monoisotopic (exact) mass is 1770 g/mol. The molecule has 4 heteroatoms. The third-order valence-corrected chi connectivity index (χ3v) is 33.9. The summed E-state index contributed by atoms with van der Waals surface area (Å²) in [6, 6.07) is 79.3. The van der Waals surface area contributed by atoms with Crippen LogP contribution in [0.1, 0.15) is 257 Å². The van der Waals surface area contributed by atoms with Gasteiger partial charge in [0.15, 0.2) is 24.8 Å². The van der Waals surface area contributed by atoms with Crippen LogP contribution in [-0.4, -0.2) is 0 Å². The van der Waals surface area contributed by atoms with Crippen LogP contribution in [0.3, 0.4) is 0 Å². The first-order chi connectivity index (χ1) is 66.4. The summed E-state index contributed by atoms with van der Waals surface area (Å²) in [6.45, 7) is 56.0. The first-order valence-electron chi connectivity index (χ1n) is 51.6. The highest BCUT2D eigenvalue weighted by molar-refractivity contribution is 6.03. The minimum atomic E-state index is -2.12. The molecule has 0 aliphatic heterocycles. The molecule has 0 atom stereocenters. The normalized spacial score (nSPS) is 16.2. The summed E-state index contributed by atoms with van der Waals surface area (Å²) < 4.78 is 54.3. The molecule has 0 radical (unpaired) electrons. The van der Waals surface area contributed by atoms with Gasteiger partial charge in [-0.15, -0.1) is 17.8 Å². The van der Waals surface area contributed by atoms with Gasteiger partial charge >= 0.3 is 0 Å². The zero-order valence-electron chi connectivity index (χ0n) is 91.4. The first kappa shape index (κ1) is 86.1. The summed E-state index contributed by atoms with van der Waals surface area (Å²) in [5.74, 6) is 18.1. The van der Waals surface area contributed by atoms with E-state index in [1.807, 2.05) is 24.6 Å². The van der Waals surface area contributed by atoms with Crippen molar-refractivity contribution in [2.45, 2.75) is 244 Å². The number of hydrogen-bond donors (Lipinski definition) is 0. The number of aromatic nitrogens is 4. The number of pyridine rings is 4. The highest BCUT2D eigenvalue weighted by Crippen LogP contribution is 2.62. The summed E-state index contributed by atoms with van der Waals surface area (Å²) in [5.41, 5.74) is 45.3. The van der Waals surface area contributed by atoms with E-state index in [1.54, 1.807) is 6.20 Å². The van der Waals surface area contributed by atoms with Crippen molar-refractivity contribution in [2.24, 2.45) is 28.2 Å². The highest BCUT2D eigenvalue weighted by atomic mass is 14.9. The standard InChI is InChI=1S/C34H36N.2C33H34N.C31H34N/c1-10-13-24-20-35(9)31(18-21(24)2)27-19-30-28(16-23(27)4)29-17-22(3)25-14-11-12-15-26(25)32(29)34(7,8)33(30,5)6;1-9-12-25-20-34(8)31(16-21(25)2)26-19-30-27(15-22(26)3)28-17-23-13-10-11-14-24(23)18-29(28)32(4,5)33(30,6)7;1-9-12-24-20-34(8)30(18-21(24)2)26-19-29-27(17-22(26)3)31-25-14-11-10-13-23(25)15-16-28(31)32(4,5)33(29,6)7;1-19-17-27(32(8)18-20(19)2)23-15-16-25-26-14-13-22-11-9-10-12-24(22)29(26)31(6,7)30(4,5)28(25)21(23)3/h11-12,14-20H,1-9H3;2*10-11,13-20H,1-8H3;9-18H,1-8H3/q4*+1/i3*1D;2D3. The predicted molar refractivity (Wildman–Crippen MR) is 573 cm³/mol. The molecule has 0 spiro atoms. The van der Waals surface area contributed by atoms with Gasteiger partial charge in [-0.2, -0.15) is 13.7 Å². The van der Waals surface area contributed by atoms with Crippen LogP contribution in [0.5, 0.6) is 0 Å². The third-order valence-electron chi connectivity index (χ3n) is 33.9. The van der Waals surface area contributed by atoms with Crippen molar-refractivity contribution in [2.75, 3.05) is 0 Å². The van der Waals surface area contributed by atoms with Gasteiger partial charge in [0.05, 0.1) is 16.7 Å². The lowest BCUT2D eigenvalue weighted by molar-refractivity contribution is -0.660. The molecule has 0 saturated carbocycles. The number of fused-ring (bicyclic) bond motifs is 19. The van der Waals surface area contributed by atoms with Crippen LogP contribution in [0.2, 0.25) is 0 Å². The Labute approximate surface area is 815 Å². The van der Waals surface area contributed by atoms with Crippen molar-refractivity contribution >= 4 is 43.1 Å². The minimum Gasteiger partial charge on any atom is -0.201 e. The Bertz CT molecular complexity index is 8110. The number of benzene rings is 12. The van der Waals surface area contributed by atoms with Crippen molar-refractivity contribution in [3.8, 4) is 125 Å². The Morgan fingerprint density at radius 2 is 0.563 bits per heavy atom. The maximum absolute atomic E-state index is 7.89. The van der Waals surface area contributed by atoms with Crippen molar-refractivity contribution in [1.82, 2.24) is 0 Å². The van der Waals surface area contributed by atoms with Crippen LogP contribution in [0, 0.1) is 105 Å². The zero-order valence-corrected chi connectivity index (χ0v) is 85.4. The number of hydrogen-bond acceptors (Lipinski definition) is 0. The van der Waals surface area contributed by atoms with Gasteiger partial charge in [-0.3, -0.25) is 0 Å². The smallest absolute Gasteiger partial charge is 0.201 e. The molecule has 4 aliphatic carbocycles. The second-order valence-corrected chi connectivity index (χ2v) is 43.5. The van der Waals surface area contributed by atoms with Gasteiger partial charge in [0.25, 0.3) is 0 Å². The molecular weight excluding hydrogens is 1630 g/mol. The lowest BCUT2D eigenvalue weighted by Gasteiger charge is -2.49. The SMILES string of the molecule is [2H]C([2H])([2H])c1c[n+](C)c(-c2ccc3c(c2C)C(C)(C)C(C)(C)c2c-3ccc3ccccc23)cc1C.[2H]CC#Cc1c[n+](C)c(-c2cc3c(cc2C)-c2c(ccc4ccccc24)C(C)(C)C3(C)C)cc1C.[2H]CC#Cc1c[n+](C)c(-c2cc3c(cc2C)-c2cc(C)c4ccccc4c2C(C)(C)C3(C)C)cc1C.[2H]CC#Cc1c[n+](C)c(-c2cc3c(cc2C)-c2cc4ccccc4cc2C(C)(C)C3(C)C)cc1C. The average Bonchev–Trinajstić information content (AvgIpc) is 0.703. The van der Waals surface area contributed by atoms with E-state index >= 15 is 0 Å². The maximum atomic E-state index is 7.89. The maximum Gasteiger partial charge on any atom is 0.212 e. The van der Waals surface area contributed by atoms with E-state index in [0.717, 1.165) is 50.2 Å². The second kappa shape index (κ2) is 33.8. The number of nitrogens with zero attached hydrogens (tertiary/aromatic N) is 4. The van der Waals surface area contributed by atoms with Gasteiger partial charge in [-0.1, -0.05) is 280 Å². The van der Waals surface area contributed by atoms with Crippen molar-refractivity contribution in [3.63, 3.8) is 0 Å². The van der Waals surface area contributed by atoms with E-state index < -0.39 is 6.85 Å². The van der Waals surface area contributed by atoms with Gasteiger partial charge in [0.2, 0.25) is 22.8 Å². The average molecular weight is 1770 g/mol. The molecule has 4 nitrogen and oxygen atoms in total. The van der Waals surface area contributed by atoms with Crippen LogP contribution in [0.15, 0.2) is 237 Å². The Balaban J connectivity index is 0.000000130. The van der Waals surface area contributed by atoms with Gasteiger partial charge in [-0.05, 0) is 341 Å². The molecule has 135 heavy (non-hydrogen) atoms. The topological polar surface area (TPSA) is 15.5 Å². The largest absolute Gasteiger partial charge is 0.212 e. The van der Waals surface area contributed by atoms with E-state index in [2.05, 4.69) is 461 Å². The lowest BCUT2D eigenvalue weighted by atomic mass is 9.54. The molecule has 0 fully saturated rings. The second-order valence-electron chi connectivity index (χ2n) is 43.5. The third kappa shape index (κ3) is 14.9. The highest BCUT2D eigenvalue weighted by Gasteiger charge is 2.52. The Morgan fingerprint density at radius 3 is 1.07 bits per heavy atom. The molecule has 12 aromatic carbocycles. The number of rotatable bonds is 4. The van der Waals surface area contributed by atoms with E-state index in [1.165, 1.54) is 194 Å². The summed E-state index contributed by atoms with van der Waals surface area (Å²) in [5, 5.41) is 10.6. The minimum absolute atomic E-state index is 0.0281. The van der Waals surface area contributed by atoms with Crippen LogP contribution >= 0.6 is 0 Å². The fourth-order valence-electron chi connectivity index (χ4n) is 23.2. The van der Waals surface area contributed by atoms with Crippen LogP contribution in [0.4, 0.5) is 0 Å². The van der Waals surface area contributed by atoms with E-state index in [-0.39, 0.29) is 64.0 Å². The number of aryl methyl sites for hydroxylation is 13. The quantitative estimate of drug-likeness (QED) is 0.123. The van der Waals surface area contributed by atoms with Crippen molar-refractivity contribution < 1.29 is 26.5 Å². The molecule has 20 rings (SSSR count). The molecule has 4 aromatic heterocycles. The fraction of sp³-hybridized carbons (Fsp3) is 0.313. The van der Waals surface area contributed by atoms with Gasteiger partial charge in [0, 0.05) is 71.1 Å². The van der Waals surface area contributed by atoms with Gasteiger partial charge in [-0.25, -0.2) is 4.57 Å². The molecular formula is C131H138N4+4. The molecule has 0 amide bonds. The van der Waals surface area contributed by atoms with E-state index in [9.17, 15) is 0 Å². The zero-order chi connectivity index (χ0) is 102. The first-order valence-corrected chi connectivity index (χ1v) is 48.0. The molecule has 0 saturated heterocycles. The van der Waals surface area contributed by atoms with Crippen LogP contribution in [-0.2, 0) is 71.5 Å². The van der Waals surface area contributed by atoms with Crippen molar-refractivity contribution in [3.05, 3.63) is 354 Å². The molecule has 4 heterocycles. The van der Waals surface area contributed by atoms with Crippen LogP contribution in [0.25, 0.3) is 133 Å². The molecule has 0 bridgehead atoms. The van der Waals surface area contributed by atoms with Gasteiger partial charge in [0.1, 0.15) is 28.2 Å². The predicted octanol–water partition coefficient (Wildman–Crippen LogP) is 30.5. The summed E-state index contributed by atoms with van der Waals surface area (Å²) in [7, 11) is 8.23. The van der Waals surface area contributed by atoms with Crippen LogP contribution < -0.4 is 18.3 Å². The molecule has 0 N–H and O–H groups in total.